The molecule has 0 saturated carbocycles. The SMILES string of the molecule is Cc1ccnc(Sc2ccc([N+](=O)[O-])cc2[N+](=O)[O-])c1. The number of rotatable bonds is 4. The van der Waals surface area contributed by atoms with Gasteiger partial charge in [0.15, 0.2) is 0 Å². The van der Waals surface area contributed by atoms with Gasteiger partial charge in [-0.05, 0) is 30.7 Å². The van der Waals surface area contributed by atoms with Crippen LogP contribution in [-0.4, -0.2) is 14.8 Å². The molecule has 0 bridgehead atoms. The third-order valence-electron chi connectivity index (χ3n) is 2.45. The molecule has 0 amide bonds. The van der Waals surface area contributed by atoms with Crippen molar-refractivity contribution in [2.24, 2.45) is 0 Å². The summed E-state index contributed by atoms with van der Waals surface area (Å²) >= 11 is 1.10. The lowest BCUT2D eigenvalue weighted by Crippen LogP contribution is -1.94. The first-order valence-corrected chi connectivity index (χ1v) is 6.32. The summed E-state index contributed by atoms with van der Waals surface area (Å²) in [6, 6.07) is 7.17. The molecule has 1 heterocycles. The van der Waals surface area contributed by atoms with E-state index in [9.17, 15) is 20.2 Å². The van der Waals surface area contributed by atoms with Crippen LogP contribution in [-0.2, 0) is 0 Å². The molecule has 0 atom stereocenters. The highest BCUT2D eigenvalue weighted by Gasteiger charge is 2.20. The summed E-state index contributed by atoms with van der Waals surface area (Å²) in [5.74, 6) is 0. The van der Waals surface area contributed by atoms with Crippen LogP contribution in [0.2, 0.25) is 0 Å². The maximum absolute atomic E-state index is 11.0. The fraction of sp³-hybridized carbons (Fsp3) is 0.0833. The highest BCUT2D eigenvalue weighted by Crippen LogP contribution is 2.36. The minimum absolute atomic E-state index is 0.299. The fourth-order valence-electron chi connectivity index (χ4n) is 1.53. The summed E-state index contributed by atoms with van der Waals surface area (Å²) in [6.45, 7) is 1.88. The molecule has 0 spiro atoms. The van der Waals surface area contributed by atoms with Crippen LogP contribution in [0.5, 0.6) is 0 Å². The van der Waals surface area contributed by atoms with Crippen molar-refractivity contribution >= 4 is 23.1 Å². The molecule has 8 heteroatoms. The third-order valence-corrected chi connectivity index (χ3v) is 3.45. The molecule has 2 rings (SSSR count). The zero-order valence-electron chi connectivity index (χ0n) is 10.3. The number of pyridine rings is 1. The number of benzene rings is 1. The van der Waals surface area contributed by atoms with Crippen molar-refractivity contribution in [3.05, 3.63) is 62.3 Å². The van der Waals surface area contributed by atoms with Crippen molar-refractivity contribution in [2.75, 3.05) is 0 Å². The summed E-state index contributed by atoms with van der Waals surface area (Å²) in [4.78, 5) is 24.8. The molecule has 1 aromatic heterocycles. The Morgan fingerprint density at radius 2 is 1.85 bits per heavy atom. The van der Waals surface area contributed by atoms with Crippen LogP contribution in [0.1, 0.15) is 5.56 Å². The van der Waals surface area contributed by atoms with Gasteiger partial charge in [-0.1, -0.05) is 11.8 Å². The van der Waals surface area contributed by atoms with E-state index in [2.05, 4.69) is 4.98 Å². The molecule has 102 valence electrons. The van der Waals surface area contributed by atoms with Gasteiger partial charge in [0.25, 0.3) is 11.4 Å². The normalized spacial score (nSPS) is 10.2. The molecular weight excluding hydrogens is 282 g/mol. The predicted octanol–water partition coefficient (Wildman–Crippen LogP) is 3.36. The Morgan fingerprint density at radius 3 is 2.45 bits per heavy atom. The van der Waals surface area contributed by atoms with Gasteiger partial charge in [0.2, 0.25) is 0 Å². The quantitative estimate of drug-likeness (QED) is 0.632. The summed E-state index contributed by atoms with van der Waals surface area (Å²) in [5, 5.41) is 22.3. The van der Waals surface area contributed by atoms with E-state index in [1.165, 1.54) is 12.1 Å². The summed E-state index contributed by atoms with van der Waals surface area (Å²) in [6.07, 6.45) is 1.61. The zero-order chi connectivity index (χ0) is 14.7. The number of aryl methyl sites for hydroxylation is 1. The minimum Gasteiger partial charge on any atom is -0.258 e. The standard InChI is InChI=1S/C12H9N3O4S/c1-8-4-5-13-12(6-8)20-11-3-2-9(14(16)17)7-10(11)15(18)19/h2-7H,1H3. The van der Waals surface area contributed by atoms with Gasteiger partial charge in [-0.2, -0.15) is 0 Å². The van der Waals surface area contributed by atoms with Gasteiger partial charge in [-0.3, -0.25) is 20.2 Å². The van der Waals surface area contributed by atoms with E-state index in [0.717, 1.165) is 23.4 Å². The Balaban J connectivity index is 2.41. The van der Waals surface area contributed by atoms with E-state index in [4.69, 9.17) is 0 Å². The highest BCUT2D eigenvalue weighted by atomic mass is 32.2. The average Bonchev–Trinajstić information content (AvgIpc) is 2.38. The molecule has 2 aromatic rings. The van der Waals surface area contributed by atoms with Gasteiger partial charge in [0.1, 0.15) is 5.03 Å². The highest BCUT2D eigenvalue weighted by molar-refractivity contribution is 7.99. The van der Waals surface area contributed by atoms with Crippen molar-refractivity contribution in [2.45, 2.75) is 16.8 Å². The molecule has 0 radical (unpaired) electrons. The number of non-ortho nitro benzene ring substituents is 1. The van der Waals surface area contributed by atoms with Crippen LogP contribution in [0.25, 0.3) is 0 Å². The zero-order valence-corrected chi connectivity index (χ0v) is 11.2. The average molecular weight is 291 g/mol. The van der Waals surface area contributed by atoms with Crippen LogP contribution < -0.4 is 0 Å². The molecule has 0 unspecified atom stereocenters. The lowest BCUT2D eigenvalue weighted by atomic mass is 10.3. The third kappa shape index (κ3) is 3.09. The van der Waals surface area contributed by atoms with Crippen LogP contribution in [0.3, 0.4) is 0 Å². The van der Waals surface area contributed by atoms with Crippen molar-refractivity contribution in [3.8, 4) is 0 Å². The van der Waals surface area contributed by atoms with Gasteiger partial charge >= 0.3 is 0 Å². The van der Waals surface area contributed by atoms with E-state index < -0.39 is 9.85 Å². The fourth-order valence-corrected chi connectivity index (χ4v) is 2.48. The van der Waals surface area contributed by atoms with E-state index in [0.29, 0.717) is 9.92 Å². The Bertz CT molecular complexity index is 690. The largest absolute Gasteiger partial charge is 0.290 e. The van der Waals surface area contributed by atoms with Crippen LogP contribution in [0, 0.1) is 27.2 Å². The monoisotopic (exact) mass is 291 g/mol. The van der Waals surface area contributed by atoms with Crippen molar-refractivity contribution in [1.82, 2.24) is 4.98 Å². The number of hydrogen-bond donors (Lipinski definition) is 0. The molecule has 20 heavy (non-hydrogen) atoms. The van der Waals surface area contributed by atoms with Crippen molar-refractivity contribution < 1.29 is 9.85 Å². The second-order valence-corrected chi connectivity index (χ2v) is 5.00. The van der Waals surface area contributed by atoms with E-state index >= 15 is 0 Å². The summed E-state index contributed by atoms with van der Waals surface area (Å²) < 4.78 is 0. The predicted molar refractivity (Wildman–Crippen MR) is 72.8 cm³/mol. The number of nitro benzene ring substituents is 2. The van der Waals surface area contributed by atoms with Crippen LogP contribution in [0.15, 0.2) is 46.5 Å². The molecule has 0 aliphatic heterocycles. The first-order chi connectivity index (χ1) is 9.47. The lowest BCUT2D eigenvalue weighted by molar-refractivity contribution is -0.396. The molecule has 1 aromatic carbocycles. The van der Waals surface area contributed by atoms with E-state index in [-0.39, 0.29) is 11.4 Å². The van der Waals surface area contributed by atoms with Gasteiger partial charge in [-0.25, -0.2) is 4.98 Å². The van der Waals surface area contributed by atoms with E-state index in [1.807, 2.05) is 13.0 Å². The maximum atomic E-state index is 11.0. The van der Waals surface area contributed by atoms with Crippen molar-refractivity contribution in [3.63, 3.8) is 0 Å². The van der Waals surface area contributed by atoms with Gasteiger partial charge in [0.05, 0.1) is 20.8 Å². The van der Waals surface area contributed by atoms with Crippen LogP contribution >= 0.6 is 11.8 Å². The molecule has 0 saturated heterocycles. The maximum Gasteiger partial charge on any atom is 0.290 e. The lowest BCUT2D eigenvalue weighted by Gasteiger charge is -2.03. The second kappa shape index (κ2) is 5.66. The Labute approximate surface area is 118 Å². The van der Waals surface area contributed by atoms with Gasteiger partial charge < -0.3 is 0 Å². The number of nitrogens with zero attached hydrogens (tertiary/aromatic N) is 3. The number of hydrogen-bond acceptors (Lipinski definition) is 6. The molecule has 0 N–H and O–H groups in total. The topological polar surface area (TPSA) is 99.2 Å². The first-order valence-electron chi connectivity index (χ1n) is 5.50. The molecule has 7 nitrogen and oxygen atoms in total. The van der Waals surface area contributed by atoms with Gasteiger partial charge in [0, 0.05) is 12.3 Å². The Hall–Kier alpha value is -2.48. The van der Waals surface area contributed by atoms with E-state index in [1.54, 1.807) is 12.3 Å². The first kappa shape index (κ1) is 13.9. The summed E-state index contributed by atoms with van der Waals surface area (Å²) in [7, 11) is 0. The summed E-state index contributed by atoms with van der Waals surface area (Å²) in [5.41, 5.74) is 0.373. The smallest absolute Gasteiger partial charge is 0.258 e. The van der Waals surface area contributed by atoms with Crippen molar-refractivity contribution in [1.29, 1.82) is 0 Å². The second-order valence-electron chi connectivity index (χ2n) is 3.94. The molecule has 0 aliphatic rings. The Morgan fingerprint density at radius 1 is 1.10 bits per heavy atom. The number of aromatic nitrogens is 1. The number of nitro groups is 2. The molecule has 0 aliphatic carbocycles. The minimum atomic E-state index is -0.660. The van der Waals surface area contributed by atoms with Gasteiger partial charge in [-0.15, -0.1) is 0 Å². The van der Waals surface area contributed by atoms with Crippen LogP contribution in [0.4, 0.5) is 11.4 Å². The molecule has 0 fully saturated rings. The Kier molecular flexibility index (Phi) is 3.94. The molecular formula is C12H9N3O4S.